The first-order valence-corrected chi connectivity index (χ1v) is 11.9. The molecular weight excluding hydrogens is 456 g/mol. The van der Waals surface area contributed by atoms with Crippen LogP contribution in [0.3, 0.4) is 0 Å². The number of nitrogens with one attached hydrogen (secondary N) is 3. The Morgan fingerprint density at radius 3 is 2.68 bits per heavy atom. The number of aryl methyl sites for hydroxylation is 1. The molecule has 0 fully saturated rings. The van der Waals surface area contributed by atoms with Gasteiger partial charge in [0.2, 0.25) is 17.6 Å². The molecule has 0 aliphatic heterocycles. The molecule has 0 spiro atoms. The number of thioether (sulfide) groups is 1. The van der Waals surface area contributed by atoms with Crippen LogP contribution in [0.2, 0.25) is 0 Å². The normalized spacial score (nSPS) is 11.9. The fourth-order valence-electron chi connectivity index (χ4n) is 3.29. The summed E-state index contributed by atoms with van der Waals surface area (Å²) < 4.78 is 5.24. The number of aromatic nitrogens is 4. The van der Waals surface area contributed by atoms with Crippen LogP contribution in [0.25, 0.3) is 22.2 Å². The van der Waals surface area contributed by atoms with Crippen molar-refractivity contribution in [1.82, 2.24) is 25.7 Å². The zero-order valence-electron chi connectivity index (χ0n) is 18.4. The second-order valence-corrected chi connectivity index (χ2v) is 8.41. The Kier molecular flexibility index (Phi) is 7.55. The minimum Gasteiger partial charge on any atom is -0.389 e. The van der Waals surface area contributed by atoms with E-state index in [4.69, 9.17) is 4.52 Å². The number of H-pyrrole nitrogens is 1. The topological polar surface area (TPSA) is 146 Å². The summed E-state index contributed by atoms with van der Waals surface area (Å²) in [6.45, 7) is 0.204. The van der Waals surface area contributed by atoms with Crippen LogP contribution in [-0.4, -0.2) is 56.8 Å². The van der Waals surface area contributed by atoms with Crippen molar-refractivity contribution in [1.29, 1.82) is 0 Å². The number of carbonyl (C=O) groups excluding carboxylic acids is 1. The van der Waals surface area contributed by atoms with E-state index in [2.05, 4.69) is 31.0 Å². The van der Waals surface area contributed by atoms with Gasteiger partial charge in [-0.15, -0.1) is 11.8 Å². The molecule has 0 aliphatic carbocycles. The number of hydrogen-bond acceptors (Lipinski definition) is 9. The number of benzene rings is 2. The molecule has 1 amide bonds. The molecule has 10 nitrogen and oxygen atoms in total. The third-order valence-corrected chi connectivity index (χ3v) is 5.86. The number of rotatable bonds is 10. The van der Waals surface area contributed by atoms with Crippen molar-refractivity contribution in [2.45, 2.75) is 23.8 Å². The summed E-state index contributed by atoms with van der Waals surface area (Å²) in [5.41, 5.74) is 0.563. The van der Waals surface area contributed by atoms with Crippen LogP contribution in [0, 0.1) is 0 Å². The number of amides is 1. The first-order chi connectivity index (χ1) is 16.5. The lowest BCUT2D eigenvalue weighted by Gasteiger charge is -2.14. The van der Waals surface area contributed by atoms with E-state index in [0.29, 0.717) is 34.7 Å². The van der Waals surface area contributed by atoms with E-state index in [1.807, 2.05) is 30.5 Å². The number of hydrogen-bond donors (Lipinski definition) is 4. The standard InChI is InChI=1S/C23H24N6O4S/c1-34-16-8-6-14(7-9-16)21-26-20(33-29-21)11-10-19(31)24-12-15(30)13-25-22-17-4-2-3-5-18(17)23(32)28-27-22/h2-9,15,30H,10-13H2,1H3,(H,24,31)(H,25,27)(H,28,32). The van der Waals surface area contributed by atoms with Gasteiger partial charge in [-0.2, -0.15) is 10.1 Å². The van der Waals surface area contributed by atoms with Crippen LogP contribution in [0.4, 0.5) is 5.82 Å². The van der Waals surface area contributed by atoms with Crippen molar-refractivity contribution in [2.24, 2.45) is 0 Å². The van der Waals surface area contributed by atoms with Crippen LogP contribution in [0.1, 0.15) is 12.3 Å². The highest BCUT2D eigenvalue weighted by atomic mass is 32.2. The molecule has 2 heterocycles. The fraction of sp³-hybridized carbons (Fsp3) is 0.261. The van der Waals surface area contributed by atoms with Crippen LogP contribution >= 0.6 is 11.8 Å². The van der Waals surface area contributed by atoms with Crippen molar-refractivity contribution in [2.75, 3.05) is 24.7 Å². The highest BCUT2D eigenvalue weighted by Gasteiger charge is 2.13. The number of aromatic amines is 1. The summed E-state index contributed by atoms with van der Waals surface area (Å²) in [5, 5.41) is 27.5. The summed E-state index contributed by atoms with van der Waals surface area (Å²) in [6, 6.07) is 14.9. The average molecular weight is 481 g/mol. The SMILES string of the molecule is CSc1ccc(-c2noc(CCC(=O)NCC(O)CNc3n[nH]c(=O)c4ccccc34)n2)cc1. The van der Waals surface area contributed by atoms with Crippen LogP contribution in [0.5, 0.6) is 0 Å². The average Bonchev–Trinajstić information content (AvgIpc) is 3.35. The number of aliphatic hydroxyl groups excluding tert-OH is 1. The minimum absolute atomic E-state index is 0.0595. The van der Waals surface area contributed by atoms with E-state index in [9.17, 15) is 14.7 Å². The molecule has 0 saturated carbocycles. The van der Waals surface area contributed by atoms with Crippen LogP contribution in [0.15, 0.2) is 62.7 Å². The lowest BCUT2D eigenvalue weighted by atomic mass is 10.2. The van der Waals surface area contributed by atoms with Gasteiger partial charge in [-0.05, 0) is 36.6 Å². The number of nitrogens with zero attached hydrogens (tertiary/aromatic N) is 3. The van der Waals surface area contributed by atoms with Gasteiger partial charge in [0.05, 0.1) is 11.5 Å². The summed E-state index contributed by atoms with van der Waals surface area (Å²) in [7, 11) is 0. The third kappa shape index (κ3) is 5.80. The second-order valence-electron chi connectivity index (χ2n) is 7.53. The Balaban J connectivity index is 1.22. The molecule has 11 heteroatoms. The molecule has 1 unspecified atom stereocenters. The van der Waals surface area contributed by atoms with Gasteiger partial charge in [0.1, 0.15) is 0 Å². The van der Waals surface area contributed by atoms with Gasteiger partial charge in [0.15, 0.2) is 5.82 Å². The molecule has 4 N–H and O–H groups in total. The van der Waals surface area contributed by atoms with E-state index in [-0.39, 0.29) is 31.0 Å². The molecule has 4 aromatic rings. The lowest BCUT2D eigenvalue weighted by Crippen LogP contribution is -2.36. The Morgan fingerprint density at radius 1 is 1.15 bits per heavy atom. The van der Waals surface area contributed by atoms with E-state index in [0.717, 1.165) is 10.5 Å². The largest absolute Gasteiger partial charge is 0.389 e. The predicted molar refractivity (Wildman–Crippen MR) is 130 cm³/mol. The molecule has 0 saturated heterocycles. The molecule has 0 aliphatic rings. The number of fused-ring (bicyclic) bond motifs is 1. The zero-order valence-corrected chi connectivity index (χ0v) is 19.3. The Bertz CT molecular complexity index is 1320. The minimum atomic E-state index is -0.851. The number of aliphatic hydroxyl groups is 1. The van der Waals surface area contributed by atoms with Gasteiger partial charge in [-0.25, -0.2) is 5.10 Å². The summed E-state index contributed by atoms with van der Waals surface area (Å²) in [6.07, 6.45) is 1.60. The predicted octanol–water partition coefficient (Wildman–Crippen LogP) is 2.22. The molecule has 1 atom stereocenters. The van der Waals surface area contributed by atoms with Crippen LogP contribution in [-0.2, 0) is 11.2 Å². The van der Waals surface area contributed by atoms with Gasteiger partial charge in [0, 0.05) is 41.8 Å². The van der Waals surface area contributed by atoms with Crippen LogP contribution < -0.4 is 16.2 Å². The first-order valence-electron chi connectivity index (χ1n) is 10.7. The summed E-state index contributed by atoms with van der Waals surface area (Å²) >= 11 is 1.65. The van der Waals surface area contributed by atoms with Gasteiger partial charge in [-0.1, -0.05) is 23.4 Å². The molecule has 0 radical (unpaired) electrons. The molecule has 0 bridgehead atoms. The molecule has 34 heavy (non-hydrogen) atoms. The Labute approximate surface area is 199 Å². The molecule has 2 aromatic carbocycles. The van der Waals surface area contributed by atoms with Crippen molar-refractivity contribution in [3.63, 3.8) is 0 Å². The third-order valence-electron chi connectivity index (χ3n) is 5.12. The number of carbonyl (C=O) groups is 1. The van der Waals surface area contributed by atoms with Crippen molar-refractivity contribution < 1.29 is 14.4 Å². The summed E-state index contributed by atoms with van der Waals surface area (Å²) in [4.78, 5) is 29.5. The lowest BCUT2D eigenvalue weighted by molar-refractivity contribution is -0.121. The van der Waals surface area contributed by atoms with Crippen molar-refractivity contribution >= 4 is 34.3 Å². The highest BCUT2D eigenvalue weighted by Crippen LogP contribution is 2.21. The first kappa shape index (κ1) is 23.5. The molecular formula is C23H24N6O4S. The van der Waals surface area contributed by atoms with Crippen molar-refractivity contribution in [3.8, 4) is 11.4 Å². The second kappa shape index (κ2) is 10.9. The van der Waals surface area contributed by atoms with E-state index < -0.39 is 6.10 Å². The maximum atomic E-state index is 12.2. The quantitative estimate of drug-likeness (QED) is 0.251. The Hall–Kier alpha value is -3.70. The van der Waals surface area contributed by atoms with Gasteiger partial charge >= 0.3 is 0 Å². The molecule has 176 valence electrons. The highest BCUT2D eigenvalue weighted by molar-refractivity contribution is 7.98. The molecule has 2 aromatic heterocycles. The maximum Gasteiger partial charge on any atom is 0.272 e. The monoisotopic (exact) mass is 480 g/mol. The van der Waals surface area contributed by atoms with E-state index >= 15 is 0 Å². The maximum absolute atomic E-state index is 12.2. The van der Waals surface area contributed by atoms with Gasteiger partial charge in [-0.3, -0.25) is 9.59 Å². The number of anilines is 1. The molecule has 4 rings (SSSR count). The van der Waals surface area contributed by atoms with E-state index in [1.54, 1.807) is 36.0 Å². The summed E-state index contributed by atoms with van der Waals surface area (Å²) in [5.74, 6) is 1.07. The Morgan fingerprint density at radius 2 is 1.91 bits per heavy atom. The fourth-order valence-corrected chi connectivity index (χ4v) is 3.70. The van der Waals surface area contributed by atoms with E-state index in [1.165, 1.54) is 0 Å². The van der Waals surface area contributed by atoms with Gasteiger partial charge < -0.3 is 20.3 Å². The van der Waals surface area contributed by atoms with Gasteiger partial charge in [0.25, 0.3) is 5.56 Å². The zero-order chi connectivity index (χ0) is 23.9. The van der Waals surface area contributed by atoms with Crippen molar-refractivity contribution in [3.05, 3.63) is 64.8 Å². The smallest absolute Gasteiger partial charge is 0.272 e.